The fourth-order valence-electron chi connectivity index (χ4n) is 4.11. The number of carbonyl (C=O) groups is 2. The molecule has 1 unspecified atom stereocenters. The van der Waals surface area contributed by atoms with Crippen LogP contribution < -0.4 is 9.80 Å². The molecule has 2 heterocycles. The summed E-state index contributed by atoms with van der Waals surface area (Å²) < 4.78 is 32.4. The summed E-state index contributed by atoms with van der Waals surface area (Å²) in [5, 5.41) is 0. The molecule has 2 saturated heterocycles. The molecule has 4 rings (SSSR count). The maximum absolute atomic E-state index is 13.5. The van der Waals surface area contributed by atoms with Gasteiger partial charge in [0.1, 0.15) is 17.6 Å². The van der Waals surface area contributed by atoms with E-state index in [9.17, 15) is 18.4 Å². The number of hydrogen-bond acceptors (Lipinski definition) is 4. The van der Waals surface area contributed by atoms with Crippen molar-refractivity contribution in [1.82, 2.24) is 4.90 Å². The number of anilines is 2. The smallest absolute Gasteiger partial charge is 0.239 e. The summed E-state index contributed by atoms with van der Waals surface area (Å²) in [6.07, 6.45) is 0.316. The van der Waals surface area contributed by atoms with Crippen LogP contribution in [0, 0.1) is 17.6 Å². The first-order chi connectivity index (χ1) is 14.9. The summed E-state index contributed by atoms with van der Waals surface area (Å²) in [6, 6.07) is 11.0. The fraction of sp³-hybridized carbons (Fsp3) is 0.391. The molecule has 0 radical (unpaired) electrons. The predicted octanol–water partition coefficient (Wildman–Crippen LogP) is 2.81. The topological polar surface area (TPSA) is 53.1 Å². The van der Waals surface area contributed by atoms with Crippen LogP contribution in [0.1, 0.15) is 12.0 Å². The van der Waals surface area contributed by atoms with Gasteiger partial charge in [0.15, 0.2) is 0 Å². The Morgan fingerprint density at radius 1 is 1.03 bits per heavy atom. The van der Waals surface area contributed by atoms with Gasteiger partial charge in [-0.25, -0.2) is 8.78 Å². The van der Waals surface area contributed by atoms with Crippen molar-refractivity contribution in [3.8, 4) is 0 Å². The Balaban J connectivity index is 1.38. The quantitative estimate of drug-likeness (QED) is 0.686. The van der Waals surface area contributed by atoms with E-state index in [1.165, 1.54) is 9.80 Å². The Morgan fingerprint density at radius 3 is 2.32 bits per heavy atom. The summed E-state index contributed by atoms with van der Waals surface area (Å²) in [7, 11) is 1.66. The third-order valence-electron chi connectivity index (χ3n) is 5.77. The van der Waals surface area contributed by atoms with Gasteiger partial charge in [-0.1, -0.05) is 12.1 Å². The van der Waals surface area contributed by atoms with E-state index in [0.29, 0.717) is 26.2 Å². The summed E-state index contributed by atoms with van der Waals surface area (Å²) in [6.45, 7) is 3.77. The predicted molar refractivity (Wildman–Crippen MR) is 113 cm³/mol. The highest BCUT2D eigenvalue weighted by Gasteiger charge is 2.39. The van der Waals surface area contributed by atoms with Gasteiger partial charge >= 0.3 is 0 Å². The summed E-state index contributed by atoms with van der Waals surface area (Å²) in [5.41, 5.74) is 2.21. The molecule has 0 N–H and O–H groups in total. The van der Waals surface area contributed by atoms with E-state index in [1.807, 2.05) is 24.3 Å². The molecule has 1 atom stereocenters. The van der Waals surface area contributed by atoms with Crippen LogP contribution in [0.4, 0.5) is 20.2 Å². The molecular weight excluding hydrogens is 404 g/mol. The summed E-state index contributed by atoms with van der Waals surface area (Å²) in [4.78, 5) is 30.7. The van der Waals surface area contributed by atoms with Crippen LogP contribution in [0.5, 0.6) is 0 Å². The lowest BCUT2D eigenvalue weighted by atomic mass is 10.1. The van der Waals surface area contributed by atoms with E-state index in [2.05, 4.69) is 4.90 Å². The largest absolute Gasteiger partial charge is 0.378 e. The van der Waals surface area contributed by atoms with E-state index < -0.39 is 23.5 Å². The van der Waals surface area contributed by atoms with Gasteiger partial charge in [-0.05, 0) is 36.2 Å². The first kappa shape index (κ1) is 21.2. The zero-order valence-electron chi connectivity index (χ0n) is 17.4. The molecule has 2 aliphatic heterocycles. The number of benzene rings is 2. The van der Waals surface area contributed by atoms with Gasteiger partial charge in [0.2, 0.25) is 11.8 Å². The molecule has 2 aromatic carbocycles. The monoisotopic (exact) mass is 429 g/mol. The zero-order chi connectivity index (χ0) is 22.0. The second kappa shape index (κ2) is 9.01. The van der Waals surface area contributed by atoms with Gasteiger partial charge in [-0.2, -0.15) is 0 Å². The minimum Gasteiger partial charge on any atom is -0.378 e. The van der Waals surface area contributed by atoms with Crippen molar-refractivity contribution in [2.24, 2.45) is 5.92 Å². The first-order valence-corrected chi connectivity index (χ1v) is 10.4. The molecule has 8 heteroatoms. The maximum Gasteiger partial charge on any atom is 0.239 e. The molecular formula is C23H25F2N3O3. The molecule has 164 valence electrons. The summed E-state index contributed by atoms with van der Waals surface area (Å²) in [5.74, 6) is -3.07. The number of rotatable bonds is 5. The van der Waals surface area contributed by atoms with E-state index in [-0.39, 0.29) is 18.1 Å². The number of nitrogens with zero attached hydrogens (tertiary/aromatic N) is 3. The van der Waals surface area contributed by atoms with Gasteiger partial charge in [0.05, 0.1) is 13.2 Å². The molecule has 2 amide bonds. The van der Waals surface area contributed by atoms with Crippen molar-refractivity contribution in [1.29, 1.82) is 0 Å². The van der Waals surface area contributed by atoms with E-state index in [4.69, 9.17) is 4.74 Å². The number of hydrogen-bond donors (Lipinski definition) is 0. The van der Waals surface area contributed by atoms with Gasteiger partial charge in [0, 0.05) is 50.7 Å². The van der Waals surface area contributed by atoms with Crippen LogP contribution >= 0.6 is 0 Å². The molecule has 2 aliphatic rings. The van der Waals surface area contributed by atoms with Gasteiger partial charge < -0.3 is 19.4 Å². The Bertz CT molecular complexity index is 941. The van der Waals surface area contributed by atoms with E-state index in [0.717, 1.165) is 42.5 Å². The molecule has 6 nitrogen and oxygen atoms in total. The van der Waals surface area contributed by atoms with E-state index in [1.54, 1.807) is 7.05 Å². The standard InChI is InChI=1S/C23H25F2N3O3/c1-26(15-16-2-4-19(5-3-16)27-8-10-31-11-9-27)22(29)21-6-7-28(23(21)30)20-13-17(24)12-18(25)14-20/h2-5,12-14,21H,6-11,15H2,1H3. The third kappa shape index (κ3) is 4.69. The van der Waals surface area contributed by atoms with E-state index >= 15 is 0 Å². The fourth-order valence-corrected chi connectivity index (χ4v) is 4.11. The SMILES string of the molecule is CN(Cc1ccc(N2CCOCC2)cc1)C(=O)C1CCN(c2cc(F)cc(F)c2)C1=O. The number of carbonyl (C=O) groups excluding carboxylic acids is 2. The Morgan fingerprint density at radius 2 is 1.68 bits per heavy atom. The lowest BCUT2D eigenvalue weighted by Gasteiger charge is -2.29. The lowest BCUT2D eigenvalue weighted by Crippen LogP contribution is -2.38. The molecule has 0 saturated carbocycles. The zero-order valence-corrected chi connectivity index (χ0v) is 17.4. The summed E-state index contributed by atoms with van der Waals surface area (Å²) >= 11 is 0. The van der Waals surface area contributed by atoms with Crippen LogP contribution in [-0.2, 0) is 20.9 Å². The van der Waals surface area contributed by atoms with Crippen molar-refractivity contribution in [3.63, 3.8) is 0 Å². The first-order valence-electron chi connectivity index (χ1n) is 10.4. The van der Waals surface area contributed by atoms with Crippen molar-refractivity contribution < 1.29 is 23.1 Å². The number of amides is 2. The van der Waals surface area contributed by atoms with Crippen molar-refractivity contribution in [3.05, 3.63) is 59.7 Å². The Hall–Kier alpha value is -3.00. The van der Waals surface area contributed by atoms with Crippen LogP contribution in [0.15, 0.2) is 42.5 Å². The molecule has 2 fully saturated rings. The molecule has 0 bridgehead atoms. The lowest BCUT2D eigenvalue weighted by molar-refractivity contribution is -0.139. The molecule has 0 aromatic heterocycles. The average Bonchev–Trinajstić information content (AvgIpc) is 3.15. The highest BCUT2D eigenvalue weighted by Crippen LogP contribution is 2.28. The third-order valence-corrected chi connectivity index (χ3v) is 5.77. The maximum atomic E-state index is 13.5. The minimum absolute atomic E-state index is 0.138. The Kier molecular flexibility index (Phi) is 6.18. The van der Waals surface area contributed by atoms with Crippen LogP contribution in [0.25, 0.3) is 0 Å². The number of ether oxygens (including phenoxy) is 1. The second-order valence-corrected chi connectivity index (χ2v) is 7.92. The van der Waals surface area contributed by atoms with Crippen molar-refractivity contribution in [2.45, 2.75) is 13.0 Å². The van der Waals surface area contributed by atoms with Crippen molar-refractivity contribution >= 4 is 23.2 Å². The molecule has 2 aromatic rings. The van der Waals surface area contributed by atoms with Crippen LogP contribution in [0.3, 0.4) is 0 Å². The van der Waals surface area contributed by atoms with Gasteiger partial charge in [-0.3, -0.25) is 9.59 Å². The molecule has 0 aliphatic carbocycles. The second-order valence-electron chi connectivity index (χ2n) is 7.92. The van der Waals surface area contributed by atoms with Gasteiger partial charge in [-0.15, -0.1) is 0 Å². The number of halogens is 2. The van der Waals surface area contributed by atoms with Crippen molar-refractivity contribution in [2.75, 3.05) is 49.7 Å². The van der Waals surface area contributed by atoms with Crippen LogP contribution in [0.2, 0.25) is 0 Å². The van der Waals surface area contributed by atoms with Gasteiger partial charge in [0.25, 0.3) is 0 Å². The van der Waals surface area contributed by atoms with Crippen LogP contribution in [-0.4, -0.2) is 56.6 Å². The number of morpholine rings is 1. The minimum atomic E-state index is -0.844. The highest BCUT2D eigenvalue weighted by atomic mass is 19.1. The highest BCUT2D eigenvalue weighted by molar-refractivity contribution is 6.09. The Labute approximate surface area is 180 Å². The normalized spacial score (nSPS) is 19.1. The molecule has 0 spiro atoms. The molecule has 31 heavy (non-hydrogen) atoms. The average molecular weight is 429 g/mol.